The number of nitrogens with zero attached hydrogens (tertiary/aromatic N) is 1. The molecule has 1 aromatic heterocycles. The molecular formula is C15H16N2OS2. The summed E-state index contributed by atoms with van der Waals surface area (Å²) in [6.45, 7) is 2.48. The highest BCUT2D eigenvalue weighted by Crippen LogP contribution is 2.18. The van der Waals surface area contributed by atoms with Gasteiger partial charge in [0.1, 0.15) is 4.99 Å². The van der Waals surface area contributed by atoms with Crippen LogP contribution in [0.2, 0.25) is 0 Å². The molecule has 104 valence electrons. The Morgan fingerprint density at radius 2 is 2.15 bits per heavy atom. The molecule has 0 saturated carbocycles. The van der Waals surface area contributed by atoms with Gasteiger partial charge >= 0.3 is 0 Å². The number of carbonyl (C=O) groups is 1. The smallest absolute Gasteiger partial charge is 0.264 e. The predicted octanol–water partition coefficient (Wildman–Crippen LogP) is 2.96. The molecule has 0 aliphatic heterocycles. The first-order valence-electron chi connectivity index (χ1n) is 6.17. The SMILES string of the molecule is Cc1ccsc1C(=O)N(C)Cc1cccc(C(N)=S)c1. The van der Waals surface area contributed by atoms with Gasteiger partial charge in [-0.1, -0.05) is 30.4 Å². The molecule has 0 atom stereocenters. The average Bonchev–Trinajstić information content (AvgIpc) is 2.84. The van der Waals surface area contributed by atoms with Crippen LogP contribution in [0.3, 0.4) is 0 Å². The van der Waals surface area contributed by atoms with E-state index in [1.165, 1.54) is 11.3 Å². The summed E-state index contributed by atoms with van der Waals surface area (Å²) in [5, 5.41) is 1.93. The first-order valence-corrected chi connectivity index (χ1v) is 7.46. The summed E-state index contributed by atoms with van der Waals surface area (Å²) in [5.74, 6) is 0.0400. The van der Waals surface area contributed by atoms with Gasteiger partial charge in [-0.3, -0.25) is 4.79 Å². The largest absolute Gasteiger partial charge is 0.389 e. The summed E-state index contributed by atoms with van der Waals surface area (Å²) in [6.07, 6.45) is 0. The Morgan fingerprint density at radius 1 is 1.40 bits per heavy atom. The maximum Gasteiger partial charge on any atom is 0.264 e. The topological polar surface area (TPSA) is 46.3 Å². The number of hydrogen-bond acceptors (Lipinski definition) is 3. The summed E-state index contributed by atoms with van der Waals surface area (Å²) in [7, 11) is 1.80. The lowest BCUT2D eigenvalue weighted by molar-refractivity contribution is 0.0789. The van der Waals surface area contributed by atoms with Crippen molar-refractivity contribution in [3.63, 3.8) is 0 Å². The Balaban J connectivity index is 2.14. The molecule has 0 aliphatic carbocycles. The van der Waals surface area contributed by atoms with Gasteiger partial charge in [0.25, 0.3) is 5.91 Å². The molecule has 2 aromatic rings. The second kappa shape index (κ2) is 6.15. The number of amides is 1. The lowest BCUT2D eigenvalue weighted by Gasteiger charge is -2.17. The van der Waals surface area contributed by atoms with Crippen molar-refractivity contribution in [1.29, 1.82) is 0 Å². The fourth-order valence-electron chi connectivity index (χ4n) is 1.93. The van der Waals surface area contributed by atoms with Gasteiger partial charge in [-0.15, -0.1) is 11.3 Å². The molecule has 1 amide bonds. The Labute approximate surface area is 128 Å². The maximum absolute atomic E-state index is 12.3. The summed E-state index contributed by atoms with van der Waals surface area (Å²) in [4.78, 5) is 15.2. The Morgan fingerprint density at radius 3 is 2.75 bits per heavy atom. The Bertz CT molecular complexity index is 649. The lowest BCUT2D eigenvalue weighted by Crippen LogP contribution is -2.26. The molecule has 0 unspecified atom stereocenters. The van der Waals surface area contributed by atoms with Crippen molar-refractivity contribution in [2.45, 2.75) is 13.5 Å². The second-order valence-corrected chi connectivity index (χ2v) is 6.01. The first-order chi connectivity index (χ1) is 9.49. The van der Waals surface area contributed by atoms with Gasteiger partial charge in [0, 0.05) is 19.2 Å². The van der Waals surface area contributed by atoms with Gasteiger partial charge in [-0.05, 0) is 35.6 Å². The van der Waals surface area contributed by atoms with E-state index in [-0.39, 0.29) is 5.91 Å². The lowest BCUT2D eigenvalue weighted by atomic mass is 10.1. The van der Waals surface area contributed by atoms with E-state index in [1.807, 2.05) is 42.6 Å². The van der Waals surface area contributed by atoms with Crippen LogP contribution in [0.25, 0.3) is 0 Å². The minimum atomic E-state index is 0.0400. The van der Waals surface area contributed by atoms with Crippen LogP contribution in [0.4, 0.5) is 0 Å². The third-order valence-electron chi connectivity index (χ3n) is 3.03. The van der Waals surface area contributed by atoms with Crippen LogP contribution in [0, 0.1) is 6.92 Å². The van der Waals surface area contributed by atoms with Crippen LogP contribution in [-0.4, -0.2) is 22.8 Å². The molecule has 0 saturated heterocycles. The summed E-state index contributed by atoms with van der Waals surface area (Å²) in [5.41, 5.74) is 8.48. The highest BCUT2D eigenvalue weighted by Gasteiger charge is 2.15. The van der Waals surface area contributed by atoms with Gasteiger partial charge in [-0.25, -0.2) is 0 Å². The molecule has 0 bridgehead atoms. The van der Waals surface area contributed by atoms with E-state index in [9.17, 15) is 4.79 Å². The minimum Gasteiger partial charge on any atom is -0.389 e. The van der Waals surface area contributed by atoms with Gasteiger partial charge in [0.05, 0.1) is 4.88 Å². The molecule has 0 spiro atoms. The average molecular weight is 304 g/mol. The van der Waals surface area contributed by atoms with E-state index >= 15 is 0 Å². The van der Waals surface area contributed by atoms with Crippen molar-refractivity contribution in [1.82, 2.24) is 4.90 Å². The van der Waals surface area contributed by atoms with Gasteiger partial charge < -0.3 is 10.6 Å². The maximum atomic E-state index is 12.3. The summed E-state index contributed by atoms with van der Waals surface area (Å²) in [6, 6.07) is 9.62. The van der Waals surface area contributed by atoms with E-state index in [2.05, 4.69) is 0 Å². The van der Waals surface area contributed by atoms with Crippen molar-refractivity contribution in [2.24, 2.45) is 5.73 Å². The quantitative estimate of drug-likeness (QED) is 0.883. The molecule has 20 heavy (non-hydrogen) atoms. The van der Waals surface area contributed by atoms with Crippen LogP contribution in [0.5, 0.6) is 0 Å². The zero-order valence-corrected chi connectivity index (χ0v) is 13.1. The van der Waals surface area contributed by atoms with Crippen LogP contribution in [0.15, 0.2) is 35.7 Å². The van der Waals surface area contributed by atoms with Crippen molar-refractivity contribution in [3.8, 4) is 0 Å². The van der Waals surface area contributed by atoms with Gasteiger partial charge in [0.15, 0.2) is 0 Å². The van der Waals surface area contributed by atoms with Crippen molar-refractivity contribution >= 4 is 34.5 Å². The summed E-state index contributed by atoms with van der Waals surface area (Å²) < 4.78 is 0. The van der Waals surface area contributed by atoms with Crippen LogP contribution >= 0.6 is 23.6 Å². The molecule has 0 radical (unpaired) electrons. The number of benzene rings is 1. The van der Waals surface area contributed by atoms with Crippen LogP contribution in [-0.2, 0) is 6.54 Å². The minimum absolute atomic E-state index is 0.0400. The Kier molecular flexibility index (Phi) is 4.52. The van der Waals surface area contributed by atoms with E-state index in [1.54, 1.807) is 11.9 Å². The van der Waals surface area contributed by atoms with E-state index in [4.69, 9.17) is 18.0 Å². The molecule has 1 aromatic carbocycles. The van der Waals surface area contributed by atoms with E-state index in [0.29, 0.717) is 11.5 Å². The molecule has 5 heteroatoms. The van der Waals surface area contributed by atoms with Crippen molar-refractivity contribution < 1.29 is 4.79 Å². The monoisotopic (exact) mass is 304 g/mol. The molecule has 0 fully saturated rings. The number of aryl methyl sites for hydroxylation is 1. The van der Waals surface area contributed by atoms with E-state index < -0.39 is 0 Å². The number of carbonyl (C=O) groups excluding carboxylic acids is 1. The number of nitrogens with two attached hydrogens (primary N) is 1. The second-order valence-electron chi connectivity index (χ2n) is 4.66. The molecule has 0 aliphatic rings. The van der Waals surface area contributed by atoms with Crippen LogP contribution < -0.4 is 5.73 Å². The number of hydrogen-bond donors (Lipinski definition) is 1. The summed E-state index contributed by atoms with van der Waals surface area (Å²) >= 11 is 6.44. The van der Waals surface area contributed by atoms with Crippen molar-refractivity contribution in [2.75, 3.05) is 7.05 Å². The molecule has 1 heterocycles. The number of rotatable bonds is 4. The molecule has 2 N–H and O–H groups in total. The van der Waals surface area contributed by atoms with E-state index in [0.717, 1.165) is 21.6 Å². The fourth-order valence-corrected chi connectivity index (χ4v) is 2.98. The highest BCUT2D eigenvalue weighted by molar-refractivity contribution is 7.80. The first kappa shape index (κ1) is 14.7. The third kappa shape index (κ3) is 3.23. The van der Waals surface area contributed by atoms with Gasteiger partial charge in [0.2, 0.25) is 0 Å². The van der Waals surface area contributed by atoms with Gasteiger partial charge in [-0.2, -0.15) is 0 Å². The van der Waals surface area contributed by atoms with Crippen molar-refractivity contribution in [3.05, 3.63) is 57.3 Å². The normalized spacial score (nSPS) is 10.3. The zero-order valence-electron chi connectivity index (χ0n) is 11.4. The third-order valence-corrected chi connectivity index (χ3v) is 4.27. The Hall–Kier alpha value is -1.72. The number of thiophene rings is 1. The highest BCUT2D eigenvalue weighted by atomic mass is 32.1. The number of thiocarbonyl (C=S) groups is 1. The predicted molar refractivity (Wildman–Crippen MR) is 87.2 cm³/mol. The van der Waals surface area contributed by atoms with Crippen LogP contribution in [0.1, 0.15) is 26.4 Å². The molecule has 2 rings (SSSR count). The fraction of sp³-hybridized carbons (Fsp3) is 0.200. The zero-order chi connectivity index (χ0) is 14.7. The standard InChI is InChI=1S/C15H16N2OS2/c1-10-6-7-20-13(10)15(18)17(2)9-11-4-3-5-12(8-11)14(16)19/h3-8H,9H2,1-2H3,(H2,16,19). The molecular weight excluding hydrogens is 288 g/mol. The molecule has 3 nitrogen and oxygen atoms in total.